The molecule has 0 fully saturated rings. The maximum atomic E-state index is 8.60. The first kappa shape index (κ1) is 11.0. The summed E-state index contributed by atoms with van der Waals surface area (Å²) in [6, 6.07) is 11.6. The van der Waals surface area contributed by atoms with E-state index in [0.717, 1.165) is 18.4 Å². The lowest BCUT2D eigenvalue weighted by Crippen LogP contribution is -1.75. The average Bonchev–Trinajstić information content (AvgIpc) is 2.30. The first-order valence-electron chi connectivity index (χ1n) is 4.90. The molecule has 2 heteroatoms. The quantitative estimate of drug-likeness (QED) is 0.694. The highest BCUT2D eigenvalue weighted by Crippen LogP contribution is 2.06. The van der Waals surface area contributed by atoms with E-state index in [1.54, 1.807) is 12.1 Å². The van der Waals surface area contributed by atoms with Crippen LogP contribution < -0.4 is 0 Å². The summed E-state index contributed by atoms with van der Waals surface area (Å²) >= 11 is 0. The Hall–Kier alpha value is -2.06. The number of benzene rings is 1. The highest BCUT2D eigenvalue weighted by Gasteiger charge is 1.89. The van der Waals surface area contributed by atoms with Crippen molar-refractivity contribution in [2.75, 3.05) is 0 Å². The zero-order valence-electron chi connectivity index (χ0n) is 8.48. The van der Waals surface area contributed by atoms with Gasteiger partial charge in [-0.15, -0.1) is 0 Å². The minimum atomic E-state index is 0.609. The molecule has 15 heavy (non-hydrogen) atoms. The summed E-state index contributed by atoms with van der Waals surface area (Å²) in [6.45, 7) is 0. The van der Waals surface area contributed by atoms with Crippen LogP contribution in [0.2, 0.25) is 0 Å². The fourth-order valence-corrected chi connectivity index (χ4v) is 1.19. The second-order valence-electron chi connectivity index (χ2n) is 3.19. The van der Waals surface area contributed by atoms with Gasteiger partial charge in [-0.25, -0.2) is 0 Å². The van der Waals surface area contributed by atoms with Gasteiger partial charge in [0.1, 0.15) is 0 Å². The zero-order chi connectivity index (χ0) is 10.9. The van der Waals surface area contributed by atoms with Crippen LogP contribution in [0.5, 0.6) is 0 Å². The zero-order valence-corrected chi connectivity index (χ0v) is 8.48. The monoisotopic (exact) mass is 196 g/mol. The Kier molecular flexibility index (Phi) is 4.70. The van der Waals surface area contributed by atoms with Crippen molar-refractivity contribution < 1.29 is 0 Å². The maximum Gasteiger partial charge on any atom is 0.0991 e. The molecule has 0 saturated heterocycles. The molecule has 0 spiro atoms. The summed E-state index contributed by atoms with van der Waals surface area (Å²) in [5, 5.41) is 16.9. The lowest BCUT2D eigenvalue weighted by molar-refractivity contribution is 0.879. The van der Waals surface area contributed by atoms with E-state index >= 15 is 0 Å². The van der Waals surface area contributed by atoms with E-state index in [4.69, 9.17) is 10.5 Å². The van der Waals surface area contributed by atoms with Crippen LogP contribution in [-0.2, 0) is 0 Å². The number of allylic oxidation sites excluding steroid dienone is 1. The molecule has 0 radical (unpaired) electrons. The lowest BCUT2D eigenvalue weighted by atomic mass is 10.1. The molecule has 0 aromatic heterocycles. The van der Waals surface area contributed by atoms with Crippen molar-refractivity contribution in [2.24, 2.45) is 0 Å². The van der Waals surface area contributed by atoms with Crippen LogP contribution in [0.1, 0.15) is 30.4 Å². The summed E-state index contributed by atoms with van der Waals surface area (Å²) in [5.74, 6) is 0. The number of nitrogens with zero attached hydrogens (tertiary/aromatic N) is 2. The molecule has 0 aliphatic heterocycles. The molecule has 1 aromatic rings. The predicted octanol–water partition coefficient (Wildman–Crippen LogP) is 3.27. The molecule has 0 heterocycles. The molecule has 0 atom stereocenters. The van der Waals surface area contributed by atoms with E-state index < -0.39 is 0 Å². The van der Waals surface area contributed by atoms with Crippen molar-refractivity contribution in [2.45, 2.75) is 19.3 Å². The van der Waals surface area contributed by atoms with Gasteiger partial charge in [-0.3, -0.25) is 0 Å². The molecule has 0 bridgehead atoms. The van der Waals surface area contributed by atoms with Crippen molar-refractivity contribution in [1.29, 1.82) is 10.5 Å². The van der Waals surface area contributed by atoms with Crippen molar-refractivity contribution in [1.82, 2.24) is 0 Å². The van der Waals surface area contributed by atoms with E-state index in [1.165, 1.54) is 0 Å². The standard InChI is InChI=1S/C13H12N2/c14-10-4-2-1-3-5-12-6-8-13(11-15)9-7-12/h3,5-9H,1-2,4H2/b5-3+. The van der Waals surface area contributed by atoms with Crippen LogP contribution >= 0.6 is 0 Å². The van der Waals surface area contributed by atoms with E-state index in [9.17, 15) is 0 Å². The summed E-state index contributed by atoms with van der Waals surface area (Å²) in [5.41, 5.74) is 1.77. The van der Waals surface area contributed by atoms with E-state index in [0.29, 0.717) is 12.0 Å². The van der Waals surface area contributed by atoms with Gasteiger partial charge in [-0.1, -0.05) is 24.3 Å². The SMILES string of the molecule is N#CCCC/C=C/c1ccc(C#N)cc1. The van der Waals surface area contributed by atoms with Gasteiger partial charge in [0.15, 0.2) is 0 Å². The Morgan fingerprint density at radius 2 is 1.87 bits per heavy atom. The summed E-state index contributed by atoms with van der Waals surface area (Å²) in [4.78, 5) is 0. The van der Waals surface area contributed by atoms with Gasteiger partial charge in [0.25, 0.3) is 0 Å². The molecule has 74 valence electrons. The molecule has 0 unspecified atom stereocenters. The Morgan fingerprint density at radius 1 is 1.13 bits per heavy atom. The summed E-state index contributed by atoms with van der Waals surface area (Å²) in [7, 11) is 0. The van der Waals surface area contributed by atoms with Gasteiger partial charge in [0.05, 0.1) is 17.7 Å². The first-order valence-corrected chi connectivity index (χ1v) is 4.90. The van der Waals surface area contributed by atoms with Crippen molar-refractivity contribution in [3.63, 3.8) is 0 Å². The molecule has 0 saturated carbocycles. The third-order valence-corrected chi connectivity index (χ3v) is 2.01. The lowest BCUT2D eigenvalue weighted by Gasteiger charge is -1.93. The van der Waals surface area contributed by atoms with Gasteiger partial charge in [0.2, 0.25) is 0 Å². The smallest absolute Gasteiger partial charge is 0.0991 e. The highest BCUT2D eigenvalue weighted by atomic mass is 14.2. The Morgan fingerprint density at radius 3 is 2.47 bits per heavy atom. The Bertz CT molecular complexity index is 402. The topological polar surface area (TPSA) is 47.6 Å². The molecule has 2 nitrogen and oxygen atoms in total. The van der Waals surface area contributed by atoms with E-state index in [2.05, 4.69) is 18.2 Å². The van der Waals surface area contributed by atoms with Crippen LogP contribution in [0.4, 0.5) is 0 Å². The number of unbranched alkanes of at least 4 members (excludes halogenated alkanes) is 2. The average molecular weight is 196 g/mol. The van der Waals surface area contributed by atoms with Crippen LogP contribution in [0, 0.1) is 22.7 Å². The normalized spacial score (nSPS) is 9.73. The highest BCUT2D eigenvalue weighted by molar-refractivity contribution is 5.50. The van der Waals surface area contributed by atoms with Crippen LogP contribution in [0.25, 0.3) is 6.08 Å². The molecular weight excluding hydrogens is 184 g/mol. The minimum absolute atomic E-state index is 0.609. The van der Waals surface area contributed by atoms with Gasteiger partial charge in [-0.05, 0) is 30.5 Å². The van der Waals surface area contributed by atoms with E-state index in [-0.39, 0.29) is 0 Å². The fourth-order valence-electron chi connectivity index (χ4n) is 1.19. The van der Waals surface area contributed by atoms with Crippen LogP contribution in [0.15, 0.2) is 30.3 Å². The first-order chi connectivity index (χ1) is 7.36. The number of hydrogen-bond donors (Lipinski definition) is 0. The minimum Gasteiger partial charge on any atom is -0.198 e. The Labute approximate surface area is 90.1 Å². The number of hydrogen-bond acceptors (Lipinski definition) is 2. The molecular formula is C13H12N2. The fraction of sp³-hybridized carbons (Fsp3) is 0.231. The second-order valence-corrected chi connectivity index (χ2v) is 3.19. The van der Waals surface area contributed by atoms with Crippen LogP contribution in [-0.4, -0.2) is 0 Å². The molecule has 0 amide bonds. The molecule has 0 aliphatic carbocycles. The van der Waals surface area contributed by atoms with Crippen molar-refractivity contribution >= 4 is 6.08 Å². The number of rotatable bonds is 4. The predicted molar refractivity (Wildman–Crippen MR) is 59.7 cm³/mol. The third-order valence-electron chi connectivity index (χ3n) is 2.01. The van der Waals surface area contributed by atoms with Crippen molar-refractivity contribution in [3.05, 3.63) is 41.5 Å². The van der Waals surface area contributed by atoms with E-state index in [1.807, 2.05) is 18.2 Å². The Balaban J connectivity index is 2.44. The maximum absolute atomic E-state index is 8.60. The molecule has 1 rings (SSSR count). The van der Waals surface area contributed by atoms with Gasteiger partial charge < -0.3 is 0 Å². The van der Waals surface area contributed by atoms with Gasteiger partial charge >= 0.3 is 0 Å². The number of nitriles is 2. The van der Waals surface area contributed by atoms with Gasteiger partial charge in [-0.2, -0.15) is 10.5 Å². The largest absolute Gasteiger partial charge is 0.198 e. The molecule has 1 aromatic carbocycles. The summed E-state index contributed by atoms with van der Waals surface area (Å²) < 4.78 is 0. The second kappa shape index (κ2) is 6.40. The summed E-state index contributed by atoms with van der Waals surface area (Å²) in [6.07, 6.45) is 6.51. The van der Waals surface area contributed by atoms with Gasteiger partial charge in [0, 0.05) is 6.42 Å². The van der Waals surface area contributed by atoms with Crippen LogP contribution in [0.3, 0.4) is 0 Å². The third kappa shape index (κ3) is 4.11. The molecule has 0 N–H and O–H groups in total. The van der Waals surface area contributed by atoms with Crippen molar-refractivity contribution in [3.8, 4) is 12.1 Å². The molecule has 0 aliphatic rings.